The molecule has 1 atom stereocenters. The van der Waals surface area contributed by atoms with Gasteiger partial charge in [-0.2, -0.15) is 0 Å². The molecule has 15 heavy (non-hydrogen) atoms. The topological polar surface area (TPSA) is 55.1 Å². The highest BCUT2D eigenvalue weighted by Crippen LogP contribution is 2.12. The average molecular weight is 214 g/mol. The van der Waals surface area contributed by atoms with Gasteiger partial charge >= 0.3 is 0 Å². The van der Waals surface area contributed by atoms with E-state index in [0.29, 0.717) is 24.9 Å². The number of amides is 1. The van der Waals surface area contributed by atoms with Gasteiger partial charge in [0.2, 0.25) is 5.91 Å². The maximum absolute atomic E-state index is 11.5. The van der Waals surface area contributed by atoms with Crippen LogP contribution in [0.3, 0.4) is 0 Å². The second kappa shape index (κ2) is 8.72. The van der Waals surface area contributed by atoms with Crippen LogP contribution in [-0.4, -0.2) is 18.5 Å². The van der Waals surface area contributed by atoms with Crippen LogP contribution in [0.2, 0.25) is 0 Å². The van der Waals surface area contributed by atoms with Crippen LogP contribution >= 0.6 is 0 Å². The maximum Gasteiger partial charge on any atom is 0.220 e. The first kappa shape index (κ1) is 14.4. The summed E-state index contributed by atoms with van der Waals surface area (Å²) in [7, 11) is 0. The Morgan fingerprint density at radius 2 is 1.87 bits per heavy atom. The van der Waals surface area contributed by atoms with Crippen LogP contribution in [0.1, 0.15) is 52.9 Å². The summed E-state index contributed by atoms with van der Waals surface area (Å²) < 4.78 is 0. The number of nitrogens with one attached hydrogen (secondary N) is 1. The highest BCUT2D eigenvalue weighted by Gasteiger charge is 2.15. The molecule has 0 spiro atoms. The van der Waals surface area contributed by atoms with Crippen LogP contribution in [0.25, 0.3) is 0 Å². The Morgan fingerprint density at radius 3 is 2.33 bits per heavy atom. The molecule has 0 saturated carbocycles. The van der Waals surface area contributed by atoms with Crippen molar-refractivity contribution in [2.45, 2.75) is 58.9 Å². The average Bonchev–Trinajstić information content (AvgIpc) is 2.20. The van der Waals surface area contributed by atoms with E-state index >= 15 is 0 Å². The second-order valence-corrected chi connectivity index (χ2v) is 4.18. The molecule has 1 amide bonds. The fourth-order valence-electron chi connectivity index (χ4n) is 1.87. The highest BCUT2D eigenvalue weighted by molar-refractivity contribution is 5.76. The fraction of sp³-hybridized carbons (Fsp3) is 0.917. The molecule has 3 N–H and O–H groups in total. The second-order valence-electron chi connectivity index (χ2n) is 4.18. The standard InChI is InChI=1S/C12H26N2O/c1-4-11(5-2)10(3)14-12(15)8-6-7-9-13/h10-11H,4-9,13H2,1-3H3,(H,14,15). The number of rotatable bonds is 8. The lowest BCUT2D eigenvalue weighted by atomic mass is 9.95. The van der Waals surface area contributed by atoms with Crippen molar-refractivity contribution in [3.8, 4) is 0 Å². The van der Waals surface area contributed by atoms with E-state index in [1.54, 1.807) is 0 Å². The summed E-state index contributed by atoms with van der Waals surface area (Å²) in [5.74, 6) is 0.770. The summed E-state index contributed by atoms with van der Waals surface area (Å²) in [5.41, 5.74) is 5.38. The van der Waals surface area contributed by atoms with Gasteiger partial charge in [0.1, 0.15) is 0 Å². The van der Waals surface area contributed by atoms with E-state index in [0.717, 1.165) is 25.7 Å². The van der Waals surface area contributed by atoms with Gasteiger partial charge in [-0.1, -0.05) is 26.7 Å². The molecule has 0 saturated heterocycles. The van der Waals surface area contributed by atoms with Crippen molar-refractivity contribution in [2.24, 2.45) is 11.7 Å². The van der Waals surface area contributed by atoms with Crippen molar-refractivity contribution >= 4 is 5.91 Å². The Morgan fingerprint density at radius 1 is 1.27 bits per heavy atom. The van der Waals surface area contributed by atoms with E-state index in [9.17, 15) is 4.79 Å². The van der Waals surface area contributed by atoms with Gasteiger partial charge in [-0.25, -0.2) is 0 Å². The summed E-state index contributed by atoms with van der Waals surface area (Å²) in [4.78, 5) is 11.5. The van der Waals surface area contributed by atoms with Crippen LogP contribution in [0.4, 0.5) is 0 Å². The summed E-state index contributed by atoms with van der Waals surface area (Å²) in [6.45, 7) is 7.12. The molecule has 0 rings (SSSR count). The van der Waals surface area contributed by atoms with E-state index in [1.807, 2.05) is 0 Å². The molecular formula is C12H26N2O. The van der Waals surface area contributed by atoms with Gasteiger partial charge < -0.3 is 11.1 Å². The van der Waals surface area contributed by atoms with Crippen molar-refractivity contribution in [2.75, 3.05) is 6.54 Å². The molecule has 3 heteroatoms. The minimum absolute atomic E-state index is 0.169. The van der Waals surface area contributed by atoms with Crippen molar-refractivity contribution in [3.63, 3.8) is 0 Å². The number of hydrogen-bond donors (Lipinski definition) is 2. The predicted molar refractivity (Wildman–Crippen MR) is 64.6 cm³/mol. The quantitative estimate of drug-likeness (QED) is 0.608. The zero-order valence-electron chi connectivity index (χ0n) is 10.4. The van der Waals surface area contributed by atoms with E-state index < -0.39 is 0 Å². The molecule has 0 radical (unpaired) electrons. The monoisotopic (exact) mass is 214 g/mol. The summed E-state index contributed by atoms with van der Waals surface area (Å²) in [6, 6.07) is 0.297. The molecule has 0 fully saturated rings. The molecule has 0 aromatic heterocycles. The summed E-state index contributed by atoms with van der Waals surface area (Å²) >= 11 is 0. The molecule has 0 aromatic carbocycles. The van der Waals surface area contributed by atoms with Gasteiger partial charge in [0.25, 0.3) is 0 Å². The van der Waals surface area contributed by atoms with E-state index in [2.05, 4.69) is 26.1 Å². The lowest BCUT2D eigenvalue weighted by Gasteiger charge is -2.22. The first-order valence-electron chi connectivity index (χ1n) is 6.15. The molecule has 0 heterocycles. The van der Waals surface area contributed by atoms with Crippen LogP contribution < -0.4 is 11.1 Å². The zero-order valence-corrected chi connectivity index (χ0v) is 10.4. The molecule has 0 aliphatic carbocycles. The summed E-state index contributed by atoms with van der Waals surface area (Å²) in [6.07, 6.45) is 4.70. The molecule has 0 aliphatic rings. The van der Waals surface area contributed by atoms with Crippen LogP contribution in [-0.2, 0) is 4.79 Å². The minimum atomic E-state index is 0.169. The van der Waals surface area contributed by atoms with Crippen LogP contribution in [0, 0.1) is 5.92 Å². The lowest BCUT2D eigenvalue weighted by molar-refractivity contribution is -0.122. The predicted octanol–water partition coefficient (Wildman–Crippen LogP) is 2.06. The van der Waals surface area contributed by atoms with Gasteiger partial charge in [-0.05, 0) is 32.2 Å². The highest BCUT2D eigenvalue weighted by atomic mass is 16.1. The number of hydrogen-bond acceptors (Lipinski definition) is 2. The van der Waals surface area contributed by atoms with Crippen LogP contribution in [0.5, 0.6) is 0 Å². The molecular weight excluding hydrogens is 188 g/mol. The SMILES string of the molecule is CCC(CC)C(C)NC(=O)CCCCN. The third kappa shape index (κ3) is 6.50. The smallest absolute Gasteiger partial charge is 0.220 e. The zero-order chi connectivity index (χ0) is 11.7. The first-order valence-corrected chi connectivity index (χ1v) is 6.15. The Hall–Kier alpha value is -0.570. The molecule has 0 aromatic rings. The molecule has 0 bridgehead atoms. The number of unbranched alkanes of at least 4 members (excludes halogenated alkanes) is 1. The van der Waals surface area contributed by atoms with Gasteiger partial charge in [0.15, 0.2) is 0 Å². The van der Waals surface area contributed by atoms with Gasteiger partial charge in [-0.3, -0.25) is 4.79 Å². The number of carbonyl (C=O) groups excluding carboxylic acids is 1. The van der Waals surface area contributed by atoms with E-state index in [4.69, 9.17) is 5.73 Å². The van der Waals surface area contributed by atoms with E-state index in [1.165, 1.54) is 0 Å². The Balaban J connectivity index is 3.74. The Bertz CT molecular complexity index is 167. The largest absolute Gasteiger partial charge is 0.353 e. The third-order valence-corrected chi connectivity index (χ3v) is 3.00. The van der Waals surface area contributed by atoms with Crippen molar-refractivity contribution in [3.05, 3.63) is 0 Å². The Kier molecular flexibility index (Phi) is 8.38. The first-order chi connectivity index (χ1) is 7.15. The molecule has 1 unspecified atom stereocenters. The van der Waals surface area contributed by atoms with Gasteiger partial charge in [0, 0.05) is 12.5 Å². The summed E-state index contributed by atoms with van der Waals surface area (Å²) in [5, 5.41) is 3.06. The number of nitrogens with two attached hydrogens (primary N) is 1. The molecule has 3 nitrogen and oxygen atoms in total. The minimum Gasteiger partial charge on any atom is -0.353 e. The van der Waals surface area contributed by atoms with Crippen molar-refractivity contribution in [1.29, 1.82) is 0 Å². The van der Waals surface area contributed by atoms with Crippen molar-refractivity contribution < 1.29 is 4.79 Å². The molecule has 90 valence electrons. The van der Waals surface area contributed by atoms with Crippen molar-refractivity contribution in [1.82, 2.24) is 5.32 Å². The van der Waals surface area contributed by atoms with Crippen LogP contribution in [0.15, 0.2) is 0 Å². The lowest BCUT2D eigenvalue weighted by Crippen LogP contribution is -2.37. The molecule has 0 aliphatic heterocycles. The Labute approximate surface area is 93.8 Å². The van der Waals surface area contributed by atoms with Gasteiger partial charge in [0.05, 0.1) is 0 Å². The van der Waals surface area contributed by atoms with Gasteiger partial charge in [-0.15, -0.1) is 0 Å². The normalized spacial score (nSPS) is 12.9. The van der Waals surface area contributed by atoms with E-state index in [-0.39, 0.29) is 5.91 Å². The number of carbonyl (C=O) groups is 1. The third-order valence-electron chi connectivity index (χ3n) is 3.00. The fourth-order valence-corrected chi connectivity index (χ4v) is 1.87. The maximum atomic E-state index is 11.5.